The van der Waals surface area contributed by atoms with Crippen molar-refractivity contribution in [2.75, 3.05) is 26.3 Å². The lowest BCUT2D eigenvalue weighted by Gasteiger charge is -2.23. The van der Waals surface area contributed by atoms with Crippen molar-refractivity contribution in [2.24, 2.45) is 5.92 Å². The lowest BCUT2D eigenvalue weighted by Crippen LogP contribution is -2.33. The molecular formula is C17H24N2O. The molecule has 2 fully saturated rings. The molecule has 0 amide bonds. The SMILES string of the molecule is c1cnc2c(c1)CCC2C[C@@H]1CCN(C2CCOC2)C1. The van der Waals surface area contributed by atoms with Crippen molar-refractivity contribution >= 4 is 0 Å². The summed E-state index contributed by atoms with van der Waals surface area (Å²) in [5, 5.41) is 0. The van der Waals surface area contributed by atoms with Gasteiger partial charge < -0.3 is 4.74 Å². The van der Waals surface area contributed by atoms with E-state index in [1.165, 1.54) is 56.5 Å². The number of likely N-dealkylation sites (tertiary alicyclic amines) is 1. The molecule has 1 aromatic heterocycles. The molecule has 0 aromatic carbocycles. The Kier molecular flexibility index (Phi) is 3.49. The molecule has 0 radical (unpaired) electrons. The molecule has 20 heavy (non-hydrogen) atoms. The van der Waals surface area contributed by atoms with Gasteiger partial charge >= 0.3 is 0 Å². The Balaban J connectivity index is 1.37. The van der Waals surface area contributed by atoms with Crippen molar-refractivity contribution in [3.05, 3.63) is 29.6 Å². The van der Waals surface area contributed by atoms with Crippen molar-refractivity contribution in [1.82, 2.24) is 9.88 Å². The fourth-order valence-electron chi connectivity index (χ4n) is 4.32. The molecule has 3 heterocycles. The van der Waals surface area contributed by atoms with Crippen molar-refractivity contribution in [3.63, 3.8) is 0 Å². The van der Waals surface area contributed by atoms with E-state index in [2.05, 4.69) is 22.0 Å². The molecular weight excluding hydrogens is 248 g/mol. The van der Waals surface area contributed by atoms with Crippen LogP contribution in [0.2, 0.25) is 0 Å². The highest BCUT2D eigenvalue weighted by Crippen LogP contribution is 2.38. The van der Waals surface area contributed by atoms with Crippen molar-refractivity contribution in [1.29, 1.82) is 0 Å². The standard InChI is InChI=1S/C17H24N2O/c1-2-14-3-4-15(17(14)18-7-1)10-13-5-8-19(11-13)16-6-9-20-12-16/h1-2,7,13,15-16H,3-6,8-12H2/t13-,15?,16?/m0/s1. The minimum absolute atomic E-state index is 0.703. The van der Waals surface area contributed by atoms with E-state index in [1.807, 2.05) is 6.20 Å². The fraction of sp³-hybridized carbons (Fsp3) is 0.706. The molecule has 2 unspecified atom stereocenters. The molecule has 3 heteroatoms. The highest BCUT2D eigenvalue weighted by atomic mass is 16.5. The van der Waals surface area contributed by atoms with Crippen molar-refractivity contribution in [3.8, 4) is 0 Å². The Morgan fingerprint density at radius 1 is 1.30 bits per heavy atom. The second-order valence-electron chi connectivity index (χ2n) is 6.69. The van der Waals surface area contributed by atoms with Gasteiger partial charge in [-0.25, -0.2) is 0 Å². The second-order valence-corrected chi connectivity index (χ2v) is 6.69. The van der Waals surface area contributed by atoms with E-state index in [1.54, 1.807) is 0 Å². The van der Waals surface area contributed by atoms with Crippen molar-refractivity contribution < 1.29 is 4.74 Å². The van der Waals surface area contributed by atoms with Crippen LogP contribution < -0.4 is 0 Å². The molecule has 1 aliphatic carbocycles. The Morgan fingerprint density at radius 3 is 3.20 bits per heavy atom. The van der Waals surface area contributed by atoms with Gasteiger partial charge in [-0.15, -0.1) is 0 Å². The molecule has 3 atom stereocenters. The summed E-state index contributed by atoms with van der Waals surface area (Å²) in [5.74, 6) is 1.59. The van der Waals surface area contributed by atoms with Gasteiger partial charge in [0.2, 0.25) is 0 Å². The van der Waals surface area contributed by atoms with Crippen molar-refractivity contribution in [2.45, 2.75) is 44.1 Å². The second kappa shape index (κ2) is 5.45. The highest BCUT2D eigenvalue weighted by Gasteiger charge is 2.33. The number of rotatable bonds is 3. The number of fused-ring (bicyclic) bond motifs is 1. The average molecular weight is 272 g/mol. The van der Waals surface area contributed by atoms with E-state index in [9.17, 15) is 0 Å². The average Bonchev–Trinajstić information content (AvgIpc) is 3.19. The number of nitrogens with zero attached hydrogens (tertiary/aromatic N) is 2. The Labute approximate surface area is 121 Å². The van der Waals surface area contributed by atoms with E-state index in [0.29, 0.717) is 6.04 Å². The Bertz CT molecular complexity index is 470. The summed E-state index contributed by atoms with van der Waals surface area (Å²) < 4.78 is 5.53. The van der Waals surface area contributed by atoms with Gasteiger partial charge in [0.05, 0.1) is 6.61 Å². The largest absolute Gasteiger partial charge is 0.380 e. The van der Waals surface area contributed by atoms with Gasteiger partial charge in [0.1, 0.15) is 0 Å². The zero-order chi connectivity index (χ0) is 13.4. The first kappa shape index (κ1) is 12.8. The van der Waals surface area contributed by atoms with Gasteiger partial charge in [-0.1, -0.05) is 6.07 Å². The fourth-order valence-corrected chi connectivity index (χ4v) is 4.32. The number of aromatic nitrogens is 1. The normalized spacial score (nSPS) is 33.7. The van der Waals surface area contributed by atoms with Crippen LogP contribution in [-0.2, 0) is 11.2 Å². The smallest absolute Gasteiger partial charge is 0.0622 e. The lowest BCUT2D eigenvalue weighted by molar-refractivity contribution is 0.156. The number of hydrogen-bond acceptors (Lipinski definition) is 3. The molecule has 3 aliphatic rings. The molecule has 2 saturated heterocycles. The summed E-state index contributed by atoms with van der Waals surface area (Å²) in [4.78, 5) is 7.32. The number of hydrogen-bond donors (Lipinski definition) is 0. The molecule has 0 bridgehead atoms. The first-order valence-electron chi connectivity index (χ1n) is 8.16. The summed E-state index contributed by atoms with van der Waals surface area (Å²) in [7, 11) is 0. The third kappa shape index (κ3) is 2.38. The van der Waals surface area contributed by atoms with Crippen LogP contribution in [0.15, 0.2) is 18.3 Å². The summed E-state index contributed by atoms with van der Waals surface area (Å²) in [6, 6.07) is 5.05. The first-order valence-corrected chi connectivity index (χ1v) is 8.16. The van der Waals surface area contributed by atoms with E-state index < -0.39 is 0 Å². The molecule has 3 nitrogen and oxygen atoms in total. The Hall–Kier alpha value is -0.930. The minimum Gasteiger partial charge on any atom is -0.380 e. The maximum atomic E-state index is 5.53. The number of pyridine rings is 1. The predicted molar refractivity (Wildman–Crippen MR) is 78.8 cm³/mol. The summed E-state index contributed by atoms with van der Waals surface area (Å²) >= 11 is 0. The number of aryl methyl sites for hydroxylation is 1. The van der Waals surface area contributed by atoms with Crippen LogP contribution in [-0.4, -0.2) is 42.2 Å². The zero-order valence-corrected chi connectivity index (χ0v) is 12.1. The maximum absolute atomic E-state index is 5.53. The summed E-state index contributed by atoms with van der Waals surface area (Å²) in [6.45, 7) is 4.49. The third-order valence-electron chi connectivity index (χ3n) is 5.43. The summed E-state index contributed by atoms with van der Waals surface area (Å²) in [5.41, 5.74) is 2.90. The van der Waals surface area contributed by atoms with Gasteiger partial charge in [0.15, 0.2) is 0 Å². The summed E-state index contributed by atoms with van der Waals surface area (Å²) in [6.07, 6.45) is 8.47. The predicted octanol–water partition coefficient (Wildman–Crippen LogP) is 2.61. The first-order chi connectivity index (χ1) is 9.90. The topological polar surface area (TPSA) is 25.4 Å². The van der Waals surface area contributed by atoms with Crippen LogP contribution in [0, 0.1) is 5.92 Å². The quantitative estimate of drug-likeness (QED) is 0.846. The molecule has 0 spiro atoms. The molecule has 1 aromatic rings. The monoisotopic (exact) mass is 272 g/mol. The van der Waals surface area contributed by atoms with Crippen LogP contribution in [0.25, 0.3) is 0 Å². The Morgan fingerprint density at radius 2 is 2.30 bits per heavy atom. The van der Waals surface area contributed by atoms with E-state index in [-0.39, 0.29) is 0 Å². The van der Waals surface area contributed by atoms with E-state index >= 15 is 0 Å². The molecule has 2 aliphatic heterocycles. The molecule has 0 N–H and O–H groups in total. The van der Waals surface area contributed by atoms with Gasteiger partial charge in [0.25, 0.3) is 0 Å². The zero-order valence-electron chi connectivity index (χ0n) is 12.1. The van der Waals surface area contributed by atoms with Gasteiger partial charge in [0, 0.05) is 37.0 Å². The van der Waals surface area contributed by atoms with Crippen LogP contribution >= 0.6 is 0 Å². The van der Waals surface area contributed by atoms with Crippen LogP contribution in [0.1, 0.15) is 42.9 Å². The van der Waals surface area contributed by atoms with Crippen LogP contribution in [0.3, 0.4) is 0 Å². The van der Waals surface area contributed by atoms with Gasteiger partial charge in [-0.05, 0) is 56.2 Å². The lowest BCUT2D eigenvalue weighted by atomic mass is 9.92. The van der Waals surface area contributed by atoms with Gasteiger partial charge in [-0.3, -0.25) is 9.88 Å². The third-order valence-corrected chi connectivity index (χ3v) is 5.43. The molecule has 0 saturated carbocycles. The van der Waals surface area contributed by atoms with E-state index in [0.717, 1.165) is 25.0 Å². The van der Waals surface area contributed by atoms with Gasteiger partial charge in [-0.2, -0.15) is 0 Å². The van der Waals surface area contributed by atoms with E-state index in [4.69, 9.17) is 4.74 Å². The van der Waals surface area contributed by atoms with Crippen LogP contribution in [0.5, 0.6) is 0 Å². The minimum atomic E-state index is 0.703. The number of ether oxygens (including phenoxy) is 1. The molecule has 108 valence electrons. The maximum Gasteiger partial charge on any atom is 0.0622 e. The highest BCUT2D eigenvalue weighted by molar-refractivity contribution is 5.28. The molecule has 4 rings (SSSR count). The van der Waals surface area contributed by atoms with Crippen LogP contribution in [0.4, 0.5) is 0 Å².